The first-order valence-corrected chi connectivity index (χ1v) is 21.4. The molecule has 306 valence electrons. The van der Waals surface area contributed by atoms with Crippen LogP contribution < -0.4 is 0 Å². The van der Waals surface area contributed by atoms with Gasteiger partial charge in [-0.15, -0.1) is 0 Å². The Morgan fingerprint density at radius 1 is 0.532 bits per heavy atom. The lowest BCUT2D eigenvalue weighted by atomic mass is 9.91. The number of aromatic hydroxyl groups is 1. The van der Waals surface area contributed by atoms with E-state index in [2.05, 4.69) is 123 Å². The van der Waals surface area contributed by atoms with Gasteiger partial charge in [-0.1, -0.05) is 156 Å². The minimum Gasteiger partial charge on any atom is -0.507 e. The summed E-state index contributed by atoms with van der Waals surface area (Å²) in [7, 11) is 0. The van der Waals surface area contributed by atoms with E-state index in [1.165, 1.54) is 0 Å². The summed E-state index contributed by atoms with van der Waals surface area (Å²) in [5.74, 6) is 0.170. The molecule has 62 heavy (non-hydrogen) atoms. The number of nitrogens with zero attached hydrogens (tertiary/aromatic N) is 3. The van der Waals surface area contributed by atoms with Crippen LogP contribution in [0.4, 0.5) is 0 Å². The molecule has 0 fully saturated rings. The zero-order chi connectivity index (χ0) is 46.5. The highest BCUT2D eigenvalue weighted by molar-refractivity contribution is 5.98. The van der Waals surface area contributed by atoms with E-state index in [-0.39, 0.29) is 17.6 Å². The standard InChI is InChI=1S/C58H53N3O/c1-36(2)44-27-47(41-17-12-9-13-18-41)32-50(31-44)61-55-20-14-19-51(56(55)60-58(61)53-34-45(37(3)4)33-52(38(5)6)57(53)62)48-28-46(40-15-10-8-11-16-40)29-49(30-48)54-35-43(25-26-59-54)42-23-21-39(7)22-24-42/h8-38,62H,1-7H3/i7D3,36D. The molecule has 0 aliphatic heterocycles. The number of pyridine rings is 1. The average molecular weight is 812 g/mol. The Balaban J connectivity index is 1.31. The monoisotopic (exact) mass is 811 g/mol. The van der Waals surface area contributed by atoms with E-state index in [0.717, 1.165) is 89.2 Å². The molecule has 9 aromatic rings. The largest absolute Gasteiger partial charge is 0.507 e. The molecule has 0 saturated carbocycles. The quantitative estimate of drug-likeness (QED) is 0.150. The summed E-state index contributed by atoms with van der Waals surface area (Å²) < 4.78 is 35.0. The van der Waals surface area contributed by atoms with Crippen molar-refractivity contribution in [1.82, 2.24) is 14.5 Å². The summed E-state index contributed by atoms with van der Waals surface area (Å²) in [4.78, 5) is 10.5. The van der Waals surface area contributed by atoms with E-state index in [4.69, 9.17) is 14.1 Å². The van der Waals surface area contributed by atoms with Crippen LogP contribution >= 0.6 is 0 Å². The van der Waals surface area contributed by atoms with Gasteiger partial charge in [0, 0.05) is 28.5 Å². The lowest BCUT2D eigenvalue weighted by Gasteiger charge is -2.19. The van der Waals surface area contributed by atoms with Crippen LogP contribution in [0, 0.1) is 6.85 Å². The van der Waals surface area contributed by atoms with Gasteiger partial charge in [0.2, 0.25) is 0 Å². The van der Waals surface area contributed by atoms with Crippen molar-refractivity contribution in [2.45, 2.75) is 66.1 Å². The third-order valence-corrected chi connectivity index (χ3v) is 11.9. The molecule has 2 aromatic heterocycles. The Morgan fingerprint density at radius 3 is 1.85 bits per heavy atom. The van der Waals surface area contributed by atoms with Gasteiger partial charge >= 0.3 is 0 Å². The molecule has 4 nitrogen and oxygen atoms in total. The van der Waals surface area contributed by atoms with Crippen LogP contribution in [0.25, 0.3) is 83.9 Å². The number of phenolic OH excluding ortho intramolecular Hbond substituents is 1. The van der Waals surface area contributed by atoms with Crippen molar-refractivity contribution in [3.8, 4) is 78.6 Å². The molecule has 7 aromatic carbocycles. The topological polar surface area (TPSA) is 50.9 Å². The van der Waals surface area contributed by atoms with Crippen molar-refractivity contribution in [3.63, 3.8) is 0 Å². The lowest BCUT2D eigenvalue weighted by molar-refractivity contribution is 0.466. The van der Waals surface area contributed by atoms with Crippen LogP contribution in [-0.2, 0) is 0 Å². The van der Waals surface area contributed by atoms with Crippen molar-refractivity contribution in [2.24, 2.45) is 0 Å². The van der Waals surface area contributed by atoms with Crippen LogP contribution in [-0.4, -0.2) is 19.6 Å². The van der Waals surface area contributed by atoms with E-state index in [1.54, 1.807) is 18.3 Å². The van der Waals surface area contributed by atoms with Crippen molar-refractivity contribution >= 4 is 11.0 Å². The van der Waals surface area contributed by atoms with Crippen molar-refractivity contribution in [2.75, 3.05) is 0 Å². The maximum atomic E-state index is 12.3. The second-order valence-corrected chi connectivity index (χ2v) is 17.1. The van der Waals surface area contributed by atoms with Gasteiger partial charge in [-0.25, -0.2) is 4.98 Å². The number of hydrogen-bond donors (Lipinski definition) is 1. The highest BCUT2D eigenvalue weighted by atomic mass is 16.3. The summed E-state index contributed by atoms with van der Waals surface area (Å²) in [5.41, 5.74) is 15.7. The van der Waals surface area contributed by atoms with Crippen LogP contribution in [0.15, 0.2) is 170 Å². The Labute approximate surface area is 371 Å². The number of aromatic nitrogens is 3. The number of para-hydroxylation sites is 1. The zero-order valence-electron chi connectivity index (χ0n) is 40.1. The molecule has 0 radical (unpaired) electrons. The minimum absolute atomic E-state index is 0.0628. The normalized spacial score (nSPS) is 13.0. The summed E-state index contributed by atoms with van der Waals surface area (Å²) in [6, 6.07) is 54.9. The number of phenols is 1. The molecule has 0 saturated heterocycles. The van der Waals surface area contributed by atoms with E-state index in [0.29, 0.717) is 17.0 Å². The number of imidazole rings is 1. The Kier molecular flexibility index (Phi) is 9.66. The predicted octanol–water partition coefficient (Wildman–Crippen LogP) is 15.8. The molecule has 0 amide bonds. The number of rotatable bonds is 10. The maximum Gasteiger partial charge on any atom is 0.149 e. The van der Waals surface area contributed by atoms with Crippen molar-refractivity contribution in [1.29, 1.82) is 0 Å². The highest BCUT2D eigenvalue weighted by Gasteiger charge is 2.24. The van der Waals surface area contributed by atoms with Gasteiger partial charge in [0.25, 0.3) is 0 Å². The predicted molar refractivity (Wildman–Crippen MR) is 260 cm³/mol. The van der Waals surface area contributed by atoms with Gasteiger partial charge in [-0.2, -0.15) is 0 Å². The second-order valence-electron chi connectivity index (χ2n) is 17.1. The first-order valence-electron chi connectivity index (χ1n) is 23.4. The average Bonchev–Trinajstić information content (AvgIpc) is 3.71. The molecule has 9 rings (SSSR count). The van der Waals surface area contributed by atoms with E-state index in [1.807, 2.05) is 74.5 Å². The number of aryl methyl sites for hydroxylation is 1. The Bertz CT molecular complexity index is 3220. The summed E-state index contributed by atoms with van der Waals surface area (Å²) in [5, 5.41) is 12.3. The molecule has 1 N–H and O–H groups in total. The summed E-state index contributed by atoms with van der Waals surface area (Å²) >= 11 is 0. The minimum atomic E-state index is -2.18. The maximum absolute atomic E-state index is 12.3. The number of benzene rings is 7. The fraction of sp³-hybridized carbons (Fsp3) is 0.172. The second kappa shape index (κ2) is 16.8. The van der Waals surface area contributed by atoms with Crippen LogP contribution in [0.3, 0.4) is 0 Å². The van der Waals surface area contributed by atoms with E-state index >= 15 is 0 Å². The fourth-order valence-corrected chi connectivity index (χ4v) is 8.38. The third-order valence-electron chi connectivity index (χ3n) is 11.9. The molecule has 0 unspecified atom stereocenters. The molecule has 0 bridgehead atoms. The van der Waals surface area contributed by atoms with E-state index in [9.17, 15) is 6.48 Å². The summed E-state index contributed by atoms with van der Waals surface area (Å²) in [6.07, 6.45) is 1.80. The van der Waals surface area contributed by atoms with Gasteiger partial charge < -0.3 is 5.11 Å². The van der Waals surface area contributed by atoms with Gasteiger partial charge in [-0.3, -0.25) is 9.55 Å². The lowest BCUT2D eigenvalue weighted by Crippen LogP contribution is -2.03. The molecule has 0 aliphatic carbocycles. The van der Waals surface area contributed by atoms with Crippen molar-refractivity contribution < 1.29 is 10.6 Å². The molecule has 4 heteroatoms. The number of fused-ring (bicyclic) bond motifs is 1. The summed E-state index contributed by atoms with van der Waals surface area (Å²) in [6.45, 7) is 10.2. The molecule has 2 heterocycles. The van der Waals surface area contributed by atoms with Gasteiger partial charge in [-0.05, 0) is 135 Å². The molecule has 0 spiro atoms. The van der Waals surface area contributed by atoms with Crippen LogP contribution in [0.1, 0.15) is 87.0 Å². The molecular formula is C58H53N3O. The van der Waals surface area contributed by atoms with Gasteiger partial charge in [0.1, 0.15) is 11.6 Å². The fourth-order valence-electron chi connectivity index (χ4n) is 8.38. The van der Waals surface area contributed by atoms with Gasteiger partial charge in [0.05, 0.1) is 22.3 Å². The highest BCUT2D eigenvalue weighted by Crippen LogP contribution is 2.44. The molecule has 0 aliphatic rings. The zero-order valence-corrected chi connectivity index (χ0v) is 36.1. The SMILES string of the molecule is [2H]C([2H])([2H])c1ccc(-c2ccnc(-c3cc(-c4ccccc4)cc(-c4cccc5c4nc(-c4cc(C(C)C)cc(C(C)C)c4O)n5-c4cc(-c5ccccc5)cc(C([2H])(C)C)c4)c3)c2)cc1. The van der Waals surface area contributed by atoms with Gasteiger partial charge in [0.15, 0.2) is 0 Å². The van der Waals surface area contributed by atoms with Crippen LogP contribution in [0.5, 0.6) is 5.75 Å². The van der Waals surface area contributed by atoms with Crippen LogP contribution in [0.2, 0.25) is 0 Å². The Morgan fingerprint density at radius 2 is 1.19 bits per heavy atom. The first kappa shape index (κ1) is 35.7. The smallest absolute Gasteiger partial charge is 0.149 e. The third kappa shape index (κ3) is 7.85. The van der Waals surface area contributed by atoms with Crippen molar-refractivity contribution in [3.05, 3.63) is 192 Å². The Hall–Kier alpha value is -7.04. The first-order chi connectivity index (χ1) is 31.5. The van der Waals surface area contributed by atoms with E-state index < -0.39 is 12.7 Å². The molecule has 0 atom stereocenters. The number of hydrogen-bond acceptors (Lipinski definition) is 3. The molecular weight excluding hydrogens is 755 g/mol.